The molecule has 0 aliphatic rings. The Morgan fingerprint density at radius 1 is 1.30 bits per heavy atom. The molecule has 6 nitrogen and oxygen atoms in total. The fourth-order valence-corrected chi connectivity index (χ4v) is 2.51. The highest BCUT2D eigenvalue weighted by atomic mass is 32.2. The number of aliphatic carboxylic acids is 1. The van der Waals surface area contributed by atoms with Gasteiger partial charge in [0.2, 0.25) is 10.0 Å². The largest absolute Gasteiger partial charge is 0.493 e. The van der Waals surface area contributed by atoms with Gasteiger partial charge < -0.3 is 9.84 Å². The molecule has 1 aromatic carbocycles. The maximum absolute atomic E-state index is 11.9. The summed E-state index contributed by atoms with van der Waals surface area (Å²) in [5.74, 6) is -0.497. The molecule has 0 bridgehead atoms. The van der Waals surface area contributed by atoms with E-state index in [4.69, 9.17) is 9.84 Å². The van der Waals surface area contributed by atoms with Crippen molar-refractivity contribution >= 4 is 16.0 Å². The number of carbonyl (C=O) groups is 1. The Bertz CT molecular complexity index is 524. The molecule has 0 amide bonds. The SMILES string of the molecule is CCCCNS(=O)(=O)c1ccc(OCCC(=O)O)cc1. The second-order valence-electron chi connectivity index (χ2n) is 4.21. The van der Waals surface area contributed by atoms with Crippen LogP contribution >= 0.6 is 0 Å². The predicted molar refractivity (Wildman–Crippen MR) is 74.3 cm³/mol. The molecule has 0 heterocycles. The monoisotopic (exact) mass is 301 g/mol. The molecule has 0 fully saturated rings. The number of carboxylic acid groups (broad SMARTS) is 1. The number of hydrogen-bond acceptors (Lipinski definition) is 4. The number of sulfonamides is 1. The first-order valence-corrected chi connectivity index (χ1v) is 7.88. The zero-order chi connectivity index (χ0) is 15.0. The molecule has 0 spiro atoms. The second kappa shape index (κ2) is 7.86. The molecule has 112 valence electrons. The van der Waals surface area contributed by atoms with Crippen LogP contribution in [-0.2, 0) is 14.8 Å². The van der Waals surface area contributed by atoms with Crippen molar-refractivity contribution in [3.8, 4) is 5.75 Å². The van der Waals surface area contributed by atoms with Gasteiger partial charge in [0.15, 0.2) is 0 Å². The summed E-state index contributed by atoms with van der Waals surface area (Å²) in [4.78, 5) is 10.5. The van der Waals surface area contributed by atoms with Gasteiger partial charge in [-0.3, -0.25) is 4.79 Å². The van der Waals surface area contributed by atoms with Gasteiger partial charge in [0.05, 0.1) is 17.9 Å². The Balaban J connectivity index is 2.59. The van der Waals surface area contributed by atoms with Gasteiger partial charge in [0.1, 0.15) is 5.75 Å². The van der Waals surface area contributed by atoms with Crippen molar-refractivity contribution in [3.63, 3.8) is 0 Å². The summed E-state index contributed by atoms with van der Waals surface area (Å²) in [5.41, 5.74) is 0. The molecule has 7 heteroatoms. The Kier molecular flexibility index (Phi) is 6.47. The minimum absolute atomic E-state index is 0.0518. The highest BCUT2D eigenvalue weighted by Gasteiger charge is 2.12. The van der Waals surface area contributed by atoms with E-state index in [1.165, 1.54) is 24.3 Å². The summed E-state index contributed by atoms with van der Waals surface area (Å²) < 4.78 is 31.5. The quantitative estimate of drug-likeness (QED) is 0.676. The second-order valence-corrected chi connectivity index (χ2v) is 5.98. The van der Waals surface area contributed by atoms with Gasteiger partial charge in [-0.1, -0.05) is 13.3 Å². The highest BCUT2D eigenvalue weighted by Crippen LogP contribution is 2.16. The third-order valence-corrected chi connectivity index (χ3v) is 4.02. The van der Waals surface area contributed by atoms with Gasteiger partial charge in [0, 0.05) is 6.54 Å². The summed E-state index contributed by atoms with van der Waals surface area (Å²) >= 11 is 0. The third-order valence-electron chi connectivity index (χ3n) is 2.54. The fourth-order valence-electron chi connectivity index (χ4n) is 1.44. The van der Waals surface area contributed by atoms with Gasteiger partial charge >= 0.3 is 5.97 Å². The molecule has 0 aliphatic carbocycles. The molecule has 1 aromatic rings. The van der Waals surface area contributed by atoms with E-state index in [1.54, 1.807) is 0 Å². The van der Waals surface area contributed by atoms with Crippen LogP contribution in [0.15, 0.2) is 29.2 Å². The molecule has 0 saturated carbocycles. The molecule has 0 aromatic heterocycles. The number of ether oxygens (including phenoxy) is 1. The first-order chi connectivity index (χ1) is 9.45. The van der Waals surface area contributed by atoms with Crippen LogP contribution < -0.4 is 9.46 Å². The number of hydrogen-bond donors (Lipinski definition) is 2. The van der Waals surface area contributed by atoms with Crippen molar-refractivity contribution in [2.45, 2.75) is 31.1 Å². The van der Waals surface area contributed by atoms with Crippen LogP contribution in [0.3, 0.4) is 0 Å². The smallest absolute Gasteiger partial charge is 0.306 e. The average molecular weight is 301 g/mol. The van der Waals surface area contributed by atoms with E-state index >= 15 is 0 Å². The van der Waals surface area contributed by atoms with Gasteiger partial charge in [-0.15, -0.1) is 0 Å². The normalized spacial score (nSPS) is 11.2. The Labute approximate surface area is 118 Å². The van der Waals surface area contributed by atoms with Crippen LogP contribution in [0.2, 0.25) is 0 Å². The third kappa shape index (κ3) is 5.58. The van der Waals surface area contributed by atoms with Gasteiger partial charge in [-0.25, -0.2) is 13.1 Å². The Hall–Kier alpha value is -1.60. The summed E-state index contributed by atoms with van der Waals surface area (Å²) in [5, 5.41) is 8.48. The number of unbranched alkanes of at least 4 members (excludes halogenated alkanes) is 1. The van der Waals surface area contributed by atoms with Crippen molar-refractivity contribution in [2.75, 3.05) is 13.2 Å². The van der Waals surface area contributed by atoms with E-state index in [-0.39, 0.29) is 17.9 Å². The zero-order valence-corrected chi connectivity index (χ0v) is 12.1. The summed E-state index contributed by atoms with van der Waals surface area (Å²) in [7, 11) is -3.48. The summed E-state index contributed by atoms with van der Waals surface area (Å²) in [6.45, 7) is 2.45. The lowest BCUT2D eigenvalue weighted by Gasteiger charge is -2.08. The lowest BCUT2D eigenvalue weighted by molar-refractivity contribution is -0.137. The number of nitrogens with one attached hydrogen (secondary N) is 1. The topological polar surface area (TPSA) is 92.7 Å². The van der Waals surface area contributed by atoms with E-state index in [0.717, 1.165) is 12.8 Å². The van der Waals surface area contributed by atoms with Crippen LogP contribution in [0.4, 0.5) is 0 Å². The minimum Gasteiger partial charge on any atom is -0.493 e. The van der Waals surface area contributed by atoms with Crippen molar-refractivity contribution in [1.29, 1.82) is 0 Å². The first-order valence-electron chi connectivity index (χ1n) is 6.40. The van der Waals surface area contributed by atoms with Crippen molar-refractivity contribution in [2.24, 2.45) is 0 Å². The van der Waals surface area contributed by atoms with Crippen molar-refractivity contribution in [1.82, 2.24) is 4.72 Å². The zero-order valence-electron chi connectivity index (χ0n) is 11.3. The van der Waals surface area contributed by atoms with E-state index in [0.29, 0.717) is 12.3 Å². The Morgan fingerprint density at radius 3 is 2.50 bits per heavy atom. The summed E-state index contributed by atoms with van der Waals surface area (Å²) in [6, 6.07) is 5.89. The molecular weight excluding hydrogens is 282 g/mol. The maximum Gasteiger partial charge on any atom is 0.306 e. The first kappa shape index (κ1) is 16.5. The predicted octanol–water partition coefficient (Wildman–Crippen LogP) is 1.62. The van der Waals surface area contributed by atoms with E-state index in [1.807, 2.05) is 6.92 Å². The van der Waals surface area contributed by atoms with Gasteiger partial charge in [-0.2, -0.15) is 0 Å². The van der Waals surface area contributed by atoms with Crippen molar-refractivity contribution < 1.29 is 23.1 Å². The fraction of sp³-hybridized carbons (Fsp3) is 0.462. The molecule has 0 radical (unpaired) electrons. The van der Waals surface area contributed by atoms with Crippen LogP contribution in [-0.4, -0.2) is 32.6 Å². The lowest BCUT2D eigenvalue weighted by atomic mass is 10.3. The molecule has 1 rings (SSSR count). The standard InChI is InChI=1S/C13H19NO5S/c1-2-3-9-14-20(17,18)12-6-4-11(5-7-12)19-10-8-13(15)16/h4-7,14H,2-3,8-10H2,1H3,(H,15,16). The van der Waals surface area contributed by atoms with Crippen molar-refractivity contribution in [3.05, 3.63) is 24.3 Å². The van der Waals surface area contributed by atoms with E-state index in [2.05, 4.69) is 4.72 Å². The van der Waals surface area contributed by atoms with Crippen LogP contribution in [0.5, 0.6) is 5.75 Å². The molecule has 0 saturated heterocycles. The number of carboxylic acids is 1. The molecule has 2 N–H and O–H groups in total. The number of benzene rings is 1. The highest BCUT2D eigenvalue weighted by molar-refractivity contribution is 7.89. The molecule has 0 atom stereocenters. The molecule has 20 heavy (non-hydrogen) atoms. The van der Waals surface area contributed by atoms with Gasteiger partial charge in [0.25, 0.3) is 0 Å². The minimum atomic E-state index is -3.48. The lowest BCUT2D eigenvalue weighted by Crippen LogP contribution is -2.24. The van der Waals surface area contributed by atoms with Crippen LogP contribution in [0, 0.1) is 0 Å². The van der Waals surface area contributed by atoms with Gasteiger partial charge in [-0.05, 0) is 30.7 Å². The van der Waals surface area contributed by atoms with Crippen LogP contribution in [0.25, 0.3) is 0 Å². The molecule has 0 unspecified atom stereocenters. The summed E-state index contributed by atoms with van der Waals surface area (Å²) in [6.07, 6.45) is 1.60. The van der Waals surface area contributed by atoms with E-state index < -0.39 is 16.0 Å². The molecular formula is C13H19NO5S. The average Bonchev–Trinajstić information content (AvgIpc) is 2.39. The number of rotatable bonds is 9. The van der Waals surface area contributed by atoms with Crippen LogP contribution in [0.1, 0.15) is 26.2 Å². The maximum atomic E-state index is 11.9. The molecule has 0 aliphatic heterocycles. The Morgan fingerprint density at radius 2 is 1.95 bits per heavy atom. The van der Waals surface area contributed by atoms with E-state index in [9.17, 15) is 13.2 Å².